The summed E-state index contributed by atoms with van der Waals surface area (Å²) in [7, 11) is 1.47. The van der Waals surface area contributed by atoms with Gasteiger partial charge in [0.1, 0.15) is 17.7 Å². The van der Waals surface area contributed by atoms with Crippen LogP contribution in [0.15, 0.2) is 72.8 Å². The number of carboxylic acid groups (broad SMARTS) is 1. The van der Waals surface area contributed by atoms with Crippen molar-refractivity contribution >= 4 is 44.8 Å². The van der Waals surface area contributed by atoms with Gasteiger partial charge in [0.05, 0.1) is 34.2 Å². The lowest BCUT2D eigenvalue weighted by atomic mass is 9.97. The number of imidazole rings is 2. The molecule has 3 atom stereocenters. The molecule has 2 fully saturated rings. The SMILES string of the molecule is CC(C)[C@@H](C(=O)N1CCC[C@H]1c1nc2cc(-c3ccc4cc(-c5ccc6[nH]c([C@@H]7CCCN7)nc6c5)ccc4c3)ccc2[nH]1)N(C)C(=O)O. The van der Waals surface area contributed by atoms with E-state index in [0.717, 1.165) is 92.1 Å². The molecule has 0 spiro atoms. The minimum absolute atomic E-state index is 0.152. The van der Waals surface area contributed by atoms with Gasteiger partial charge in [0, 0.05) is 13.6 Å². The Bertz CT molecular complexity index is 2210. The molecule has 0 unspecified atom stereocenters. The van der Waals surface area contributed by atoms with Crippen LogP contribution in [-0.4, -0.2) is 73.0 Å². The first kappa shape index (κ1) is 31.1. The van der Waals surface area contributed by atoms with Gasteiger partial charge in [-0.1, -0.05) is 50.2 Å². The number of carbonyl (C=O) groups is 2. The summed E-state index contributed by atoms with van der Waals surface area (Å²) in [4.78, 5) is 45.1. The molecule has 8 rings (SSSR count). The number of fused-ring (bicyclic) bond motifs is 3. The third-order valence-electron chi connectivity index (χ3n) is 10.4. The van der Waals surface area contributed by atoms with Crippen molar-refractivity contribution in [3.05, 3.63) is 84.4 Å². The van der Waals surface area contributed by atoms with Crippen LogP contribution < -0.4 is 5.32 Å². The predicted octanol–water partition coefficient (Wildman–Crippen LogP) is 7.65. The fraction of sp³-hybridized carbons (Fsp3) is 0.333. The zero-order valence-corrected chi connectivity index (χ0v) is 28.0. The summed E-state index contributed by atoms with van der Waals surface area (Å²) in [5.74, 6) is 1.44. The monoisotopic (exact) mass is 655 g/mol. The number of benzene rings is 4. The topological polar surface area (TPSA) is 130 Å². The van der Waals surface area contributed by atoms with Gasteiger partial charge in [-0.25, -0.2) is 14.8 Å². The van der Waals surface area contributed by atoms with Gasteiger partial charge in [0.15, 0.2) is 0 Å². The Morgan fingerprint density at radius 3 is 1.94 bits per heavy atom. The molecular weight excluding hydrogens is 614 g/mol. The summed E-state index contributed by atoms with van der Waals surface area (Å²) in [6, 6.07) is 25.2. The fourth-order valence-electron chi connectivity index (χ4n) is 7.76. The van der Waals surface area contributed by atoms with Crippen LogP contribution in [0.4, 0.5) is 4.79 Å². The number of aromatic amines is 2. The Balaban J connectivity index is 1.04. The number of rotatable bonds is 7. The summed E-state index contributed by atoms with van der Waals surface area (Å²) < 4.78 is 0. The highest BCUT2D eigenvalue weighted by Gasteiger charge is 2.39. The van der Waals surface area contributed by atoms with E-state index >= 15 is 0 Å². The normalized spacial score (nSPS) is 18.7. The summed E-state index contributed by atoms with van der Waals surface area (Å²) in [6.07, 6.45) is 2.82. The molecule has 6 aromatic rings. The molecule has 49 heavy (non-hydrogen) atoms. The van der Waals surface area contributed by atoms with Crippen LogP contribution >= 0.6 is 0 Å². The van der Waals surface area contributed by atoms with E-state index in [1.54, 1.807) is 4.90 Å². The van der Waals surface area contributed by atoms with Crippen LogP contribution in [-0.2, 0) is 4.79 Å². The van der Waals surface area contributed by atoms with E-state index in [1.807, 2.05) is 19.9 Å². The summed E-state index contributed by atoms with van der Waals surface area (Å²) in [6.45, 7) is 5.39. The Hall–Kier alpha value is -5.22. The summed E-state index contributed by atoms with van der Waals surface area (Å²) in [5, 5.41) is 15.5. The van der Waals surface area contributed by atoms with Crippen LogP contribution in [0.2, 0.25) is 0 Å². The molecular formula is C39H41N7O3. The third kappa shape index (κ3) is 5.69. The van der Waals surface area contributed by atoms with Crippen LogP contribution in [0.5, 0.6) is 0 Å². The van der Waals surface area contributed by atoms with E-state index in [4.69, 9.17) is 9.97 Å². The zero-order valence-electron chi connectivity index (χ0n) is 28.0. The molecule has 4 N–H and O–H groups in total. The second kappa shape index (κ2) is 12.3. The van der Waals surface area contributed by atoms with Crippen molar-refractivity contribution in [2.45, 2.75) is 57.7 Å². The van der Waals surface area contributed by atoms with Gasteiger partial charge in [-0.2, -0.15) is 0 Å². The molecule has 4 aromatic carbocycles. The number of hydrogen-bond donors (Lipinski definition) is 4. The number of likely N-dealkylation sites (N-methyl/N-ethyl adjacent to an activating group) is 1. The molecule has 0 aliphatic carbocycles. The number of H-pyrrole nitrogens is 2. The maximum Gasteiger partial charge on any atom is 0.407 e. The largest absolute Gasteiger partial charge is 0.465 e. The Morgan fingerprint density at radius 1 is 0.796 bits per heavy atom. The molecule has 2 aromatic heterocycles. The van der Waals surface area contributed by atoms with Crippen molar-refractivity contribution in [2.75, 3.05) is 20.1 Å². The summed E-state index contributed by atoms with van der Waals surface area (Å²) >= 11 is 0. The van der Waals surface area contributed by atoms with E-state index in [1.165, 1.54) is 18.9 Å². The molecule has 250 valence electrons. The molecule has 0 saturated carbocycles. The van der Waals surface area contributed by atoms with Crippen molar-refractivity contribution in [3.63, 3.8) is 0 Å². The van der Waals surface area contributed by atoms with Crippen molar-refractivity contribution in [1.82, 2.24) is 35.1 Å². The lowest BCUT2D eigenvalue weighted by molar-refractivity contribution is -0.138. The quantitative estimate of drug-likeness (QED) is 0.140. The molecule has 2 saturated heterocycles. The zero-order chi connectivity index (χ0) is 33.8. The van der Waals surface area contributed by atoms with E-state index in [-0.39, 0.29) is 17.9 Å². The number of carbonyl (C=O) groups excluding carboxylic acids is 1. The number of aromatic nitrogens is 4. The van der Waals surface area contributed by atoms with Gasteiger partial charge >= 0.3 is 6.09 Å². The highest BCUT2D eigenvalue weighted by Crippen LogP contribution is 2.35. The van der Waals surface area contributed by atoms with Crippen molar-refractivity contribution in [1.29, 1.82) is 0 Å². The average molecular weight is 656 g/mol. The first-order valence-corrected chi connectivity index (χ1v) is 17.3. The lowest BCUT2D eigenvalue weighted by Crippen LogP contribution is -2.51. The van der Waals surface area contributed by atoms with Gasteiger partial charge in [-0.3, -0.25) is 9.69 Å². The highest BCUT2D eigenvalue weighted by molar-refractivity contribution is 5.93. The standard InChI is InChI=1S/C39H41N7O3/c1-22(2)35(45(3)39(48)49)38(47)46-17-5-7-34(46)37-42-30-15-13-28(21-33(30)44-37)26-11-9-23-18-25(10-8-24(23)19-26)27-12-14-29-32(20-27)43-36(41-29)31-6-4-16-40-31/h8-15,18-22,31,34-35,40H,4-7,16-17H2,1-3H3,(H,41,43)(H,42,44)(H,48,49)/t31-,34-,35-/m0/s1. The molecule has 0 bridgehead atoms. The van der Waals surface area contributed by atoms with E-state index in [2.05, 4.69) is 82.0 Å². The Kier molecular flexibility index (Phi) is 7.83. The molecule has 2 aliphatic heterocycles. The average Bonchev–Trinajstić information content (AvgIpc) is 3.92. The second-order valence-electron chi connectivity index (χ2n) is 13.9. The molecule has 10 nitrogen and oxygen atoms in total. The van der Waals surface area contributed by atoms with E-state index in [0.29, 0.717) is 12.6 Å². The highest BCUT2D eigenvalue weighted by atomic mass is 16.4. The van der Waals surface area contributed by atoms with Gasteiger partial charge in [0.25, 0.3) is 0 Å². The number of likely N-dealkylation sites (tertiary alicyclic amines) is 1. The van der Waals surface area contributed by atoms with E-state index < -0.39 is 12.1 Å². The van der Waals surface area contributed by atoms with Gasteiger partial charge < -0.3 is 25.3 Å². The van der Waals surface area contributed by atoms with Crippen LogP contribution in [0.1, 0.15) is 63.3 Å². The first-order valence-electron chi connectivity index (χ1n) is 17.3. The molecule has 2 amide bonds. The summed E-state index contributed by atoms with van der Waals surface area (Å²) in [5.41, 5.74) is 8.28. The maximum absolute atomic E-state index is 13.7. The van der Waals surface area contributed by atoms with Crippen LogP contribution in [0.25, 0.3) is 55.1 Å². The number of amides is 2. The predicted molar refractivity (Wildman–Crippen MR) is 192 cm³/mol. The van der Waals surface area contributed by atoms with Gasteiger partial charge in [0.2, 0.25) is 5.91 Å². The van der Waals surface area contributed by atoms with Crippen molar-refractivity contribution < 1.29 is 14.7 Å². The second-order valence-corrected chi connectivity index (χ2v) is 13.9. The molecule has 0 radical (unpaired) electrons. The first-order chi connectivity index (χ1) is 23.7. The number of nitrogens with one attached hydrogen (secondary N) is 3. The van der Waals surface area contributed by atoms with Crippen LogP contribution in [0, 0.1) is 5.92 Å². The molecule has 2 aliphatic rings. The minimum Gasteiger partial charge on any atom is -0.465 e. The van der Waals surface area contributed by atoms with Crippen molar-refractivity contribution in [2.24, 2.45) is 5.92 Å². The fourth-order valence-corrected chi connectivity index (χ4v) is 7.76. The molecule has 4 heterocycles. The van der Waals surface area contributed by atoms with E-state index in [9.17, 15) is 14.7 Å². The third-order valence-corrected chi connectivity index (χ3v) is 10.4. The smallest absolute Gasteiger partial charge is 0.407 e. The van der Waals surface area contributed by atoms with Crippen molar-refractivity contribution in [3.8, 4) is 22.3 Å². The number of hydrogen-bond acceptors (Lipinski definition) is 5. The Morgan fingerprint density at radius 2 is 1.37 bits per heavy atom. The minimum atomic E-state index is -1.11. The maximum atomic E-state index is 13.7. The Labute approximate surface area is 284 Å². The van der Waals surface area contributed by atoms with Crippen LogP contribution in [0.3, 0.4) is 0 Å². The molecule has 10 heteroatoms. The van der Waals surface area contributed by atoms with Gasteiger partial charge in [-0.15, -0.1) is 0 Å². The van der Waals surface area contributed by atoms with Gasteiger partial charge in [-0.05, 0) is 108 Å². The lowest BCUT2D eigenvalue weighted by Gasteiger charge is -2.33. The number of nitrogens with zero attached hydrogens (tertiary/aromatic N) is 4.